The van der Waals surface area contributed by atoms with Crippen LogP contribution in [-0.4, -0.2) is 21.9 Å². The summed E-state index contributed by atoms with van der Waals surface area (Å²) in [5, 5.41) is 13.9. The van der Waals surface area contributed by atoms with Gasteiger partial charge in [0.05, 0.1) is 18.6 Å². The van der Waals surface area contributed by atoms with Gasteiger partial charge >= 0.3 is 5.70 Å². The van der Waals surface area contributed by atoms with Crippen molar-refractivity contribution >= 4 is 11.4 Å². The van der Waals surface area contributed by atoms with Gasteiger partial charge in [0, 0.05) is 16.1 Å². The van der Waals surface area contributed by atoms with Crippen LogP contribution in [0.3, 0.4) is 0 Å². The molecule has 2 atom stereocenters. The van der Waals surface area contributed by atoms with Gasteiger partial charge in [-0.1, -0.05) is 6.42 Å². The SMILES string of the molecule is O=[N+]1C(c2ccco2)=C(c2ccco2)N([O-])[C@H]2CCCC[C@@H]21. The van der Waals surface area contributed by atoms with Gasteiger partial charge in [-0.05, 0) is 37.1 Å². The Labute approximate surface area is 127 Å². The second-order valence-electron chi connectivity index (χ2n) is 5.72. The van der Waals surface area contributed by atoms with Gasteiger partial charge in [0.1, 0.15) is 0 Å². The van der Waals surface area contributed by atoms with Crippen LogP contribution in [-0.2, 0) is 0 Å². The Bertz CT molecular complexity index is 703. The molecule has 1 saturated carbocycles. The highest BCUT2D eigenvalue weighted by Crippen LogP contribution is 2.41. The van der Waals surface area contributed by atoms with Gasteiger partial charge in [0.25, 0.3) is 0 Å². The van der Waals surface area contributed by atoms with Crippen LogP contribution in [0.5, 0.6) is 0 Å². The topological polar surface area (TPSA) is 72.7 Å². The van der Waals surface area contributed by atoms with Gasteiger partial charge in [0.2, 0.25) is 11.8 Å². The molecule has 1 fully saturated rings. The summed E-state index contributed by atoms with van der Waals surface area (Å²) in [7, 11) is 0. The number of hydrogen-bond donors (Lipinski definition) is 0. The molecule has 6 nitrogen and oxygen atoms in total. The number of hydroxylamine groups is 2. The molecule has 4 rings (SSSR count). The lowest BCUT2D eigenvalue weighted by atomic mass is 9.87. The van der Waals surface area contributed by atoms with Crippen LogP contribution in [0.1, 0.15) is 37.2 Å². The van der Waals surface area contributed by atoms with Crippen LogP contribution in [0.4, 0.5) is 0 Å². The molecule has 0 aromatic carbocycles. The van der Waals surface area contributed by atoms with E-state index in [2.05, 4.69) is 0 Å². The molecule has 0 amide bonds. The fourth-order valence-corrected chi connectivity index (χ4v) is 3.46. The number of nitrogens with zero attached hydrogens (tertiary/aromatic N) is 2. The molecule has 1 aliphatic heterocycles. The fourth-order valence-electron chi connectivity index (χ4n) is 3.46. The minimum Gasteiger partial charge on any atom is -0.758 e. The lowest BCUT2D eigenvalue weighted by Crippen LogP contribution is -2.50. The maximum Gasteiger partial charge on any atom is 0.324 e. The summed E-state index contributed by atoms with van der Waals surface area (Å²) < 4.78 is 11.7. The molecule has 2 aliphatic rings. The van der Waals surface area contributed by atoms with E-state index in [1.165, 1.54) is 12.5 Å². The molecule has 3 heterocycles. The molecular weight excluding hydrogens is 284 g/mol. The smallest absolute Gasteiger partial charge is 0.324 e. The lowest BCUT2D eigenvalue weighted by molar-refractivity contribution is -0.515. The van der Waals surface area contributed by atoms with E-state index in [1.54, 1.807) is 24.3 Å². The quantitative estimate of drug-likeness (QED) is 0.792. The molecule has 22 heavy (non-hydrogen) atoms. The van der Waals surface area contributed by atoms with Crippen molar-refractivity contribution in [2.75, 3.05) is 0 Å². The van der Waals surface area contributed by atoms with E-state index >= 15 is 0 Å². The first kappa shape index (κ1) is 13.3. The molecular formula is C16H16N2O4. The van der Waals surface area contributed by atoms with Crippen LogP contribution >= 0.6 is 0 Å². The third-order valence-electron chi connectivity index (χ3n) is 4.47. The second-order valence-corrected chi connectivity index (χ2v) is 5.72. The van der Waals surface area contributed by atoms with Crippen molar-refractivity contribution in [2.45, 2.75) is 37.8 Å². The molecule has 0 spiro atoms. The van der Waals surface area contributed by atoms with Crippen molar-refractivity contribution in [3.63, 3.8) is 0 Å². The number of hydrogen-bond acceptors (Lipinski definition) is 5. The Morgan fingerprint density at radius 3 is 2.45 bits per heavy atom. The zero-order chi connectivity index (χ0) is 15.1. The zero-order valence-corrected chi connectivity index (χ0v) is 12.0. The van der Waals surface area contributed by atoms with Crippen molar-refractivity contribution in [2.24, 2.45) is 0 Å². The molecule has 0 N–H and O–H groups in total. The van der Waals surface area contributed by atoms with E-state index in [0.29, 0.717) is 11.5 Å². The Morgan fingerprint density at radius 2 is 1.77 bits per heavy atom. The van der Waals surface area contributed by atoms with E-state index < -0.39 is 0 Å². The summed E-state index contributed by atoms with van der Waals surface area (Å²) in [6.07, 6.45) is 6.38. The lowest BCUT2D eigenvalue weighted by Gasteiger charge is -2.44. The Hall–Kier alpha value is -2.34. The first-order valence-electron chi connectivity index (χ1n) is 7.52. The normalized spacial score (nSPS) is 25.5. The summed E-state index contributed by atoms with van der Waals surface area (Å²) in [6.45, 7) is 0. The van der Waals surface area contributed by atoms with Crippen LogP contribution in [0.25, 0.3) is 11.4 Å². The van der Waals surface area contributed by atoms with Crippen molar-refractivity contribution in [1.29, 1.82) is 0 Å². The van der Waals surface area contributed by atoms with E-state index in [0.717, 1.165) is 35.5 Å². The maximum atomic E-state index is 12.9. The highest BCUT2D eigenvalue weighted by molar-refractivity contribution is 5.83. The highest BCUT2D eigenvalue weighted by Gasteiger charge is 2.49. The number of nitroso groups, excluding NO2 is 1. The molecule has 6 heteroatoms. The van der Waals surface area contributed by atoms with Gasteiger partial charge < -0.3 is 19.1 Å². The Kier molecular flexibility index (Phi) is 3.11. The summed E-state index contributed by atoms with van der Waals surface area (Å²) in [6, 6.07) is 6.14. The van der Waals surface area contributed by atoms with Crippen molar-refractivity contribution < 1.29 is 13.6 Å². The largest absolute Gasteiger partial charge is 0.758 e. The molecule has 0 saturated heterocycles. The van der Waals surface area contributed by atoms with E-state index in [-0.39, 0.29) is 23.5 Å². The Balaban J connectivity index is 1.92. The Morgan fingerprint density at radius 1 is 1.09 bits per heavy atom. The maximum absolute atomic E-state index is 12.9. The van der Waals surface area contributed by atoms with Crippen molar-refractivity contribution in [3.05, 3.63) is 58.4 Å². The van der Waals surface area contributed by atoms with Gasteiger partial charge in [0.15, 0.2) is 11.5 Å². The average molecular weight is 300 g/mol. The highest BCUT2D eigenvalue weighted by atomic mass is 16.5. The monoisotopic (exact) mass is 300 g/mol. The van der Waals surface area contributed by atoms with Crippen LogP contribution in [0.15, 0.2) is 45.6 Å². The van der Waals surface area contributed by atoms with Crippen molar-refractivity contribution in [3.8, 4) is 0 Å². The van der Waals surface area contributed by atoms with Crippen molar-refractivity contribution in [1.82, 2.24) is 5.06 Å². The second kappa shape index (κ2) is 5.14. The molecule has 0 bridgehead atoms. The first-order chi connectivity index (χ1) is 10.8. The minimum atomic E-state index is -0.329. The molecule has 1 aliphatic carbocycles. The molecule has 2 aromatic rings. The fraction of sp³-hybridized carbons (Fsp3) is 0.375. The standard InChI is InChI=1S/C16H16N2O4/c19-17-11-5-1-2-6-12(11)18(20)16(14-8-4-10-22-14)15(17)13-7-3-9-21-13/h3-4,7-12H,1-2,5-6H2/t11-,12-/m0/s1. The number of furan rings is 2. The van der Waals surface area contributed by atoms with Gasteiger partial charge in [-0.15, -0.1) is 0 Å². The van der Waals surface area contributed by atoms with Crippen LogP contribution < -0.4 is 0 Å². The molecule has 0 radical (unpaired) electrons. The third kappa shape index (κ3) is 1.91. The number of fused-ring (bicyclic) bond motifs is 1. The molecule has 0 unspecified atom stereocenters. The average Bonchev–Trinajstić information content (AvgIpc) is 3.23. The van der Waals surface area contributed by atoms with E-state index in [9.17, 15) is 10.1 Å². The first-order valence-corrected chi connectivity index (χ1v) is 7.52. The summed E-state index contributed by atoms with van der Waals surface area (Å²) >= 11 is 0. The zero-order valence-electron chi connectivity index (χ0n) is 12.0. The minimum absolute atomic E-state index is 0.262. The predicted molar refractivity (Wildman–Crippen MR) is 79.1 cm³/mol. The van der Waals surface area contributed by atoms with Crippen LogP contribution in [0.2, 0.25) is 0 Å². The van der Waals surface area contributed by atoms with Crippen LogP contribution in [0, 0.1) is 10.1 Å². The van der Waals surface area contributed by atoms with Gasteiger partial charge in [-0.25, -0.2) is 0 Å². The van der Waals surface area contributed by atoms with E-state index in [4.69, 9.17) is 8.83 Å². The van der Waals surface area contributed by atoms with E-state index in [1.807, 2.05) is 0 Å². The molecule has 2 aromatic heterocycles. The summed E-state index contributed by atoms with van der Waals surface area (Å²) in [5.41, 5.74) is 0.524. The van der Waals surface area contributed by atoms with Gasteiger partial charge in [-0.3, -0.25) is 0 Å². The summed E-state index contributed by atoms with van der Waals surface area (Å²) in [4.78, 5) is 12.9. The summed E-state index contributed by atoms with van der Waals surface area (Å²) in [5.74, 6) is 0.789. The predicted octanol–water partition coefficient (Wildman–Crippen LogP) is 3.60. The van der Waals surface area contributed by atoms with Gasteiger partial charge in [-0.2, -0.15) is 0 Å². The molecule has 114 valence electrons. The third-order valence-corrected chi connectivity index (χ3v) is 4.47. The number of rotatable bonds is 2.